The third kappa shape index (κ3) is 4.11. The Morgan fingerprint density at radius 2 is 2.00 bits per heavy atom. The number of benzene rings is 1. The van der Waals surface area contributed by atoms with E-state index in [-0.39, 0.29) is 27.7 Å². The largest absolute Gasteiger partial charge is 0.435 e. The van der Waals surface area contributed by atoms with E-state index in [1.165, 1.54) is 25.1 Å². The smallest absolute Gasteiger partial charge is 0.313 e. The van der Waals surface area contributed by atoms with Gasteiger partial charge in [-0.15, -0.1) is 11.3 Å². The molecule has 152 valence electrons. The van der Waals surface area contributed by atoms with Crippen molar-refractivity contribution in [2.45, 2.75) is 19.6 Å². The molecule has 1 N–H and O–H groups in total. The van der Waals surface area contributed by atoms with Crippen molar-refractivity contribution in [2.75, 3.05) is 5.32 Å². The number of anilines is 1. The fourth-order valence-corrected chi connectivity index (χ4v) is 3.61. The Morgan fingerprint density at radius 3 is 2.59 bits per heavy atom. The molecule has 12 heteroatoms. The highest BCUT2D eigenvalue weighted by molar-refractivity contribution is 7.20. The van der Waals surface area contributed by atoms with Gasteiger partial charge in [0.1, 0.15) is 15.7 Å². The maximum atomic E-state index is 13.7. The monoisotopic (exact) mass is 428 g/mol. The maximum absolute atomic E-state index is 13.7. The van der Waals surface area contributed by atoms with Crippen molar-refractivity contribution in [1.82, 2.24) is 9.78 Å². The van der Waals surface area contributed by atoms with Crippen molar-refractivity contribution in [3.05, 3.63) is 63.6 Å². The molecule has 2 heterocycles. The van der Waals surface area contributed by atoms with Crippen LogP contribution in [0.1, 0.15) is 23.0 Å². The molecule has 1 aromatic carbocycles. The van der Waals surface area contributed by atoms with E-state index in [0.29, 0.717) is 17.4 Å². The van der Waals surface area contributed by atoms with E-state index in [0.717, 1.165) is 16.8 Å². The quantitative estimate of drug-likeness (QED) is 0.354. The van der Waals surface area contributed by atoms with Crippen LogP contribution in [0, 0.1) is 15.9 Å². The molecular weight excluding hydrogens is 416 g/mol. The summed E-state index contributed by atoms with van der Waals surface area (Å²) >= 11 is 0.699. The number of nitrogens with zero attached hydrogens (tertiary/aromatic N) is 3. The minimum Gasteiger partial charge on any atom is -0.313 e. The van der Waals surface area contributed by atoms with Gasteiger partial charge in [-0.25, -0.2) is 4.39 Å². The molecule has 0 radical (unpaired) electrons. The number of alkyl halides is 3. The van der Waals surface area contributed by atoms with Crippen LogP contribution in [0.25, 0.3) is 10.6 Å². The second-order valence-electron chi connectivity index (χ2n) is 5.74. The van der Waals surface area contributed by atoms with Crippen molar-refractivity contribution in [1.29, 1.82) is 0 Å². The molecule has 0 unspecified atom stereocenters. The third-order valence-corrected chi connectivity index (χ3v) is 4.93. The SMILES string of the molecule is CCn1nc(C(F)(F)F)cc1-c1sc(NC(=O)c2ccccc2F)cc1[N+](=O)[O-]. The van der Waals surface area contributed by atoms with Crippen LogP contribution >= 0.6 is 11.3 Å². The number of thiophene rings is 1. The lowest BCUT2D eigenvalue weighted by molar-refractivity contribution is -0.383. The zero-order chi connectivity index (χ0) is 21.3. The molecule has 0 saturated carbocycles. The van der Waals surface area contributed by atoms with E-state index >= 15 is 0 Å². The molecule has 0 atom stereocenters. The average molecular weight is 428 g/mol. The number of rotatable bonds is 5. The predicted molar refractivity (Wildman–Crippen MR) is 97.2 cm³/mol. The van der Waals surface area contributed by atoms with Crippen LogP contribution in [-0.4, -0.2) is 20.6 Å². The summed E-state index contributed by atoms with van der Waals surface area (Å²) in [6, 6.07) is 6.87. The summed E-state index contributed by atoms with van der Waals surface area (Å²) in [5, 5.41) is 17.2. The van der Waals surface area contributed by atoms with Crippen molar-refractivity contribution in [2.24, 2.45) is 0 Å². The summed E-state index contributed by atoms with van der Waals surface area (Å²) < 4.78 is 53.7. The first-order valence-electron chi connectivity index (χ1n) is 8.11. The molecule has 29 heavy (non-hydrogen) atoms. The number of nitrogens with one attached hydrogen (secondary N) is 1. The van der Waals surface area contributed by atoms with Crippen LogP contribution in [0.4, 0.5) is 28.3 Å². The highest BCUT2D eigenvalue weighted by atomic mass is 32.1. The molecule has 1 amide bonds. The van der Waals surface area contributed by atoms with Gasteiger partial charge in [0.05, 0.1) is 22.2 Å². The first kappa shape index (κ1) is 20.5. The second kappa shape index (κ2) is 7.62. The molecule has 0 aliphatic rings. The number of carbonyl (C=O) groups is 1. The van der Waals surface area contributed by atoms with Gasteiger partial charge in [0.15, 0.2) is 5.69 Å². The summed E-state index contributed by atoms with van der Waals surface area (Å²) in [7, 11) is 0. The first-order valence-corrected chi connectivity index (χ1v) is 8.93. The molecule has 0 aliphatic carbocycles. The molecule has 0 fully saturated rings. The Balaban J connectivity index is 2.03. The van der Waals surface area contributed by atoms with Gasteiger partial charge in [-0.1, -0.05) is 12.1 Å². The van der Waals surface area contributed by atoms with E-state index in [4.69, 9.17) is 0 Å². The Labute approximate surface area is 164 Å². The summed E-state index contributed by atoms with van der Waals surface area (Å²) in [4.78, 5) is 22.8. The Bertz CT molecular complexity index is 1090. The van der Waals surface area contributed by atoms with Gasteiger partial charge in [0.2, 0.25) is 0 Å². The van der Waals surface area contributed by atoms with Crippen molar-refractivity contribution < 1.29 is 27.3 Å². The van der Waals surface area contributed by atoms with Gasteiger partial charge >= 0.3 is 6.18 Å². The fraction of sp³-hybridized carbons (Fsp3) is 0.176. The van der Waals surface area contributed by atoms with E-state index in [9.17, 15) is 32.5 Å². The van der Waals surface area contributed by atoms with Gasteiger partial charge in [-0.05, 0) is 25.1 Å². The number of aromatic nitrogens is 2. The zero-order valence-corrected chi connectivity index (χ0v) is 15.5. The van der Waals surface area contributed by atoms with E-state index in [1.54, 1.807) is 0 Å². The van der Waals surface area contributed by atoms with Gasteiger partial charge < -0.3 is 5.32 Å². The predicted octanol–water partition coefficient (Wildman–Crippen LogP) is 4.95. The number of halogens is 4. The number of amides is 1. The number of hydrogen-bond donors (Lipinski definition) is 1. The van der Waals surface area contributed by atoms with Gasteiger partial charge in [-0.2, -0.15) is 18.3 Å². The maximum Gasteiger partial charge on any atom is 0.435 e. The molecule has 0 saturated heterocycles. The van der Waals surface area contributed by atoms with Gasteiger partial charge in [-0.3, -0.25) is 19.6 Å². The normalized spacial score (nSPS) is 11.5. The van der Waals surface area contributed by atoms with Gasteiger partial charge in [0, 0.05) is 6.54 Å². The van der Waals surface area contributed by atoms with E-state index in [2.05, 4.69) is 10.4 Å². The lowest BCUT2D eigenvalue weighted by atomic mass is 10.2. The lowest BCUT2D eigenvalue weighted by Gasteiger charge is -2.03. The van der Waals surface area contributed by atoms with Crippen LogP contribution in [0.2, 0.25) is 0 Å². The van der Waals surface area contributed by atoms with Crippen LogP contribution in [0.15, 0.2) is 36.4 Å². The Morgan fingerprint density at radius 1 is 1.31 bits per heavy atom. The molecule has 0 aliphatic heterocycles. The minimum atomic E-state index is -4.72. The molecule has 7 nitrogen and oxygen atoms in total. The highest BCUT2D eigenvalue weighted by Gasteiger charge is 2.36. The number of carbonyl (C=O) groups excluding carboxylic acids is 1. The molecule has 0 bridgehead atoms. The van der Waals surface area contributed by atoms with Gasteiger partial charge in [0.25, 0.3) is 11.6 Å². The summed E-state index contributed by atoms with van der Waals surface area (Å²) in [5.41, 5.74) is -2.07. The second-order valence-corrected chi connectivity index (χ2v) is 6.80. The summed E-state index contributed by atoms with van der Waals surface area (Å²) in [5.74, 6) is -1.62. The van der Waals surface area contributed by atoms with Crippen LogP contribution in [0.5, 0.6) is 0 Å². The highest BCUT2D eigenvalue weighted by Crippen LogP contribution is 2.42. The molecule has 3 aromatic rings. The first-order chi connectivity index (χ1) is 13.6. The third-order valence-electron chi connectivity index (χ3n) is 3.87. The van der Waals surface area contributed by atoms with Crippen molar-refractivity contribution in [3.63, 3.8) is 0 Å². The standard InChI is InChI=1S/C17H12F4N4O3S/c1-2-24-11(7-13(23-24)17(19,20)21)15-12(25(27)28)8-14(29-15)22-16(26)9-5-3-4-6-10(9)18/h3-8H,2H2,1H3,(H,22,26). The number of aryl methyl sites for hydroxylation is 1. The Hall–Kier alpha value is -3.28. The molecular formula is C17H12F4N4O3S. The van der Waals surface area contributed by atoms with Crippen molar-refractivity contribution >= 4 is 27.9 Å². The van der Waals surface area contributed by atoms with Crippen LogP contribution in [0.3, 0.4) is 0 Å². The number of nitro groups is 1. The Kier molecular flexibility index (Phi) is 5.38. The van der Waals surface area contributed by atoms with Crippen molar-refractivity contribution in [3.8, 4) is 10.6 Å². The zero-order valence-electron chi connectivity index (χ0n) is 14.7. The summed E-state index contributed by atoms with van der Waals surface area (Å²) in [6.45, 7) is 1.58. The molecule has 3 rings (SSSR count). The summed E-state index contributed by atoms with van der Waals surface area (Å²) in [6.07, 6.45) is -4.72. The molecule has 2 aromatic heterocycles. The van der Waals surface area contributed by atoms with E-state index < -0.39 is 34.2 Å². The molecule has 0 spiro atoms. The minimum absolute atomic E-state index is 0.0163. The van der Waals surface area contributed by atoms with Crippen LogP contribution < -0.4 is 5.32 Å². The van der Waals surface area contributed by atoms with Crippen LogP contribution in [-0.2, 0) is 12.7 Å². The van der Waals surface area contributed by atoms with E-state index in [1.807, 2.05) is 0 Å². The average Bonchev–Trinajstić information content (AvgIpc) is 3.25. The topological polar surface area (TPSA) is 90.1 Å². The lowest BCUT2D eigenvalue weighted by Crippen LogP contribution is -2.12. The fourth-order valence-electron chi connectivity index (χ4n) is 2.57. The number of hydrogen-bond acceptors (Lipinski definition) is 5.